The summed E-state index contributed by atoms with van der Waals surface area (Å²) >= 11 is 0. The maximum Gasteiger partial charge on any atom is 0.231 e. The summed E-state index contributed by atoms with van der Waals surface area (Å²) < 4.78 is 6.94. The van der Waals surface area contributed by atoms with E-state index >= 15 is 0 Å². The summed E-state index contributed by atoms with van der Waals surface area (Å²) in [5.41, 5.74) is 4.32. The smallest absolute Gasteiger partial charge is 0.231 e. The second-order valence-electron chi connectivity index (χ2n) is 6.58. The average Bonchev–Trinajstić information content (AvgIpc) is 3.27. The Bertz CT molecular complexity index is 1220. The van der Waals surface area contributed by atoms with Crippen LogP contribution in [0.3, 0.4) is 0 Å². The Hall–Kier alpha value is -3.92. The molecular weight excluding hydrogens is 354 g/mol. The number of benzene rings is 2. The minimum atomic E-state index is -0.302. The van der Waals surface area contributed by atoms with Gasteiger partial charge >= 0.3 is 0 Å². The molecule has 7 heteroatoms. The zero-order valence-corrected chi connectivity index (χ0v) is 15.4. The van der Waals surface area contributed by atoms with Gasteiger partial charge in [-0.3, -0.25) is 4.79 Å². The molecule has 0 fully saturated rings. The van der Waals surface area contributed by atoms with Crippen molar-refractivity contribution in [2.75, 3.05) is 5.32 Å². The third-order valence-electron chi connectivity index (χ3n) is 4.45. The molecule has 7 nitrogen and oxygen atoms in total. The van der Waals surface area contributed by atoms with Crippen LogP contribution in [-0.4, -0.2) is 20.8 Å². The lowest BCUT2D eigenvalue weighted by atomic mass is 10.1. The molecule has 0 saturated heterocycles. The average molecular weight is 371 g/mol. The first-order valence-electron chi connectivity index (χ1n) is 8.75. The van der Waals surface area contributed by atoms with Crippen molar-refractivity contribution in [3.8, 4) is 11.8 Å². The van der Waals surface area contributed by atoms with Crippen LogP contribution in [0.15, 0.2) is 53.2 Å². The van der Waals surface area contributed by atoms with Gasteiger partial charge in [-0.1, -0.05) is 29.4 Å². The molecule has 28 heavy (non-hydrogen) atoms. The highest BCUT2D eigenvalue weighted by molar-refractivity contribution is 5.95. The summed E-state index contributed by atoms with van der Waals surface area (Å²) in [6.45, 7) is 3.93. The van der Waals surface area contributed by atoms with Gasteiger partial charge in [0.2, 0.25) is 5.91 Å². The topological polar surface area (TPSA) is 96.7 Å². The molecule has 0 aliphatic heterocycles. The summed E-state index contributed by atoms with van der Waals surface area (Å²) in [5, 5.41) is 21.3. The molecule has 0 atom stereocenters. The Morgan fingerprint density at radius 1 is 1.25 bits per heavy atom. The van der Waals surface area contributed by atoms with Gasteiger partial charge in [-0.15, -0.1) is 0 Å². The van der Waals surface area contributed by atoms with E-state index in [0.717, 1.165) is 22.2 Å². The summed E-state index contributed by atoms with van der Waals surface area (Å²) in [7, 11) is 0. The normalized spacial score (nSPS) is 10.8. The number of fused-ring (bicyclic) bond motifs is 1. The number of anilines is 1. The van der Waals surface area contributed by atoms with Crippen LogP contribution in [0.4, 0.5) is 5.82 Å². The molecule has 138 valence electrons. The number of aryl methyl sites for hydroxylation is 2. The highest BCUT2D eigenvalue weighted by atomic mass is 16.5. The SMILES string of the molecule is Cc1cc(C)c2onc(CC(=O)Nc3c(C#N)cnn3-c3ccccc3)c2c1. The quantitative estimate of drug-likeness (QED) is 0.590. The Balaban J connectivity index is 1.64. The number of carbonyl (C=O) groups excluding carboxylic acids is 1. The zero-order valence-electron chi connectivity index (χ0n) is 15.4. The predicted octanol–water partition coefficient (Wildman–Crippen LogP) is 3.68. The molecule has 2 heterocycles. The lowest BCUT2D eigenvalue weighted by Gasteiger charge is -2.09. The van der Waals surface area contributed by atoms with Crippen LogP contribution in [-0.2, 0) is 11.2 Å². The molecule has 0 spiro atoms. The molecule has 1 amide bonds. The lowest BCUT2D eigenvalue weighted by Crippen LogP contribution is -2.18. The molecule has 4 aromatic rings. The number of nitrogens with one attached hydrogen (secondary N) is 1. The zero-order chi connectivity index (χ0) is 19.7. The number of hydrogen-bond donors (Lipinski definition) is 1. The van der Waals surface area contributed by atoms with Crippen LogP contribution in [0.2, 0.25) is 0 Å². The van der Waals surface area contributed by atoms with Crippen molar-refractivity contribution in [2.45, 2.75) is 20.3 Å². The van der Waals surface area contributed by atoms with Gasteiger partial charge in [0.1, 0.15) is 17.3 Å². The Labute approximate surface area is 161 Å². The van der Waals surface area contributed by atoms with Crippen molar-refractivity contribution in [3.05, 3.63) is 71.0 Å². The van der Waals surface area contributed by atoms with Gasteiger partial charge in [0.25, 0.3) is 0 Å². The van der Waals surface area contributed by atoms with Crippen molar-refractivity contribution in [2.24, 2.45) is 0 Å². The van der Waals surface area contributed by atoms with Crippen molar-refractivity contribution in [1.82, 2.24) is 14.9 Å². The van der Waals surface area contributed by atoms with Crippen LogP contribution >= 0.6 is 0 Å². The van der Waals surface area contributed by atoms with Gasteiger partial charge in [-0.05, 0) is 43.2 Å². The van der Waals surface area contributed by atoms with Crippen LogP contribution in [0, 0.1) is 25.2 Å². The fourth-order valence-electron chi connectivity index (χ4n) is 3.21. The largest absolute Gasteiger partial charge is 0.356 e. The molecule has 0 aliphatic carbocycles. The molecule has 2 aromatic heterocycles. The number of para-hydroxylation sites is 1. The van der Waals surface area contributed by atoms with Crippen molar-refractivity contribution >= 4 is 22.7 Å². The number of nitrogens with zero attached hydrogens (tertiary/aromatic N) is 4. The Morgan fingerprint density at radius 3 is 2.79 bits per heavy atom. The molecule has 0 radical (unpaired) electrons. The Morgan fingerprint density at radius 2 is 2.04 bits per heavy atom. The number of carbonyl (C=O) groups is 1. The van der Waals surface area contributed by atoms with E-state index in [2.05, 4.69) is 21.6 Å². The first kappa shape index (κ1) is 17.5. The standard InChI is InChI=1S/C21H17N5O2/c1-13-8-14(2)20-17(9-13)18(25-28-20)10-19(27)24-21-15(11-22)12-23-26(21)16-6-4-3-5-7-16/h3-9,12H,10H2,1-2H3,(H,24,27). The lowest BCUT2D eigenvalue weighted by molar-refractivity contribution is -0.115. The molecule has 0 saturated carbocycles. The highest BCUT2D eigenvalue weighted by Gasteiger charge is 2.18. The summed E-state index contributed by atoms with van der Waals surface area (Å²) in [6, 6.07) is 15.3. The van der Waals surface area contributed by atoms with E-state index in [0.29, 0.717) is 17.1 Å². The molecular formula is C21H17N5O2. The van der Waals surface area contributed by atoms with Gasteiger partial charge in [0.05, 0.1) is 18.3 Å². The fourth-order valence-corrected chi connectivity index (χ4v) is 3.21. The molecule has 0 bridgehead atoms. The van der Waals surface area contributed by atoms with E-state index in [1.807, 2.05) is 56.3 Å². The maximum atomic E-state index is 12.7. The number of rotatable bonds is 4. The minimum absolute atomic E-state index is 0.0285. The first-order chi connectivity index (χ1) is 13.6. The Kier molecular flexibility index (Phi) is 4.38. The maximum absolute atomic E-state index is 12.7. The molecule has 4 rings (SSSR count). The van der Waals surface area contributed by atoms with Crippen LogP contribution in [0.25, 0.3) is 16.7 Å². The van der Waals surface area contributed by atoms with Crippen molar-refractivity contribution in [1.29, 1.82) is 5.26 Å². The van der Waals surface area contributed by atoms with E-state index in [4.69, 9.17) is 4.52 Å². The molecule has 0 aliphatic rings. The summed E-state index contributed by atoms with van der Waals surface area (Å²) in [4.78, 5) is 12.7. The van der Waals surface area contributed by atoms with E-state index in [1.54, 1.807) is 0 Å². The fraction of sp³-hybridized carbons (Fsp3) is 0.143. The molecule has 0 unspecified atom stereocenters. The van der Waals surface area contributed by atoms with Crippen molar-refractivity contribution in [3.63, 3.8) is 0 Å². The van der Waals surface area contributed by atoms with Crippen LogP contribution in [0.1, 0.15) is 22.4 Å². The van der Waals surface area contributed by atoms with Gasteiger partial charge in [0, 0.05) is 5.39 Å². The third-order valence-corrected chi connectivity index (χ3v) is 4.45. The number of aromatic nitrogens is 3. The first-order valence-corrected chi connectivity index (χ1v) is 8.75. The van der Waals surface area contributed by atoms with E-state index in [-0.39, 0.29) is 17.9 Å². The number of nitriles is 1. The second kappa shape index (κ2) is 7.00. The monoisotopic (exact) mass is 371 g/mol. The second-order valence-corrected chi connectivity index (χ2v) is 6.58. The predicted molar refractivity (Wildman–Crippen MR) is 104 cm³/mol. The van der Waals surface area contributed by atoms with E-state index in [9.17, 15) is 10.1 Å². The van der Waals surface area contributed by atoms with E-state index in [1.165, 1.54) is 10.9 Å². The number of hydrogen-bond acceptors (Lipinski definition) is 5. The van der Waals surface area contributed by atoms with Crippen LogP contribution < -0.4 is 5.32 Å². The van der Waals surface area contributed by atoms with E-state index < -0.39 is 0 Å². The highest BCUT2D eigenvalue weighted by Crippen LogP contribution is 2.25. The van der Waals surface area contributed by atoms with Gasteiger partial charge in [-0.2, -0.15) is 10.4 Å². The third kappa shape index (κ3) is 3.12. The van der Waals surface area contributed by atoms with Gasteiger partial charge < -0.3 is 9.84 Å². The number of amides is 1. The summed E-state index contributed by atoms with van der Waals surface area (Å²) in [5.74, 6) is 0.0300. The van der Waals surface area contributed by atoms with Gasteiger partial charge in [-0.25, -0.2) is 4.68 Å². The summed E-state index contributed by atoms with van der Waals surface area (Å²) in [6.07, 6.45) is 1.46. The van der Waals surface area contributed by atoms with Crippen molar-refractivity contribution < 1.29 is 9.32 Å². The molecule has 2 aromatic carbocycles. The minimum Gasteiger partial charge on any atom is -0.356 e. The molecule has 1 N–H and O–H groups in total. The van der Waals surface area contributed by atoms with Gasteiger partial charge in [0.15, 0.2) is 11.4 Å². The van der Waals surface area contributed by atoms with Crippen LogP contribution in [0.5, 0.6) is 0 Å².